The molecule has 3 heterocycles. The highest BCUT2D eigenvalue weighted by atomic mass is 16.5. The first-order valence-electron chi connectivity index (χ1n) is 9.82. The fourth-order valence-electron chi connectivity index (χ4n) is 4.01. The standard InChI is InChI=1S/C22H21N5O3/c1-3-30-16-11-9-15(10-12-16)27-17(14-7-5-4-6-8-14)13-26-18-19(23-21(26)27)25(2)22(29)24-20(18)28/h4-13,18-19H,3H2,1-2H3,(H,24,28,29). The van der Waals surface area contributed by atoms with E-state index in [0.717, 1.165) is 22.7 Å². The molecule has 3 aliphatic heterocycles. The second-order valence-corrected chi connectivity index (χ2v) is 7.24. The maximum atomic E-state index is 12.6. The molecule has 0 radical (unpaired) electrons. The van der Waals surface area contributed by atoms with E-state index < -0.39 is 18.2 Å². The maximum Gasteiger partial charge on any atom is 0.325 e. The van der Waals surface area contributed by atoms with E-state index in [2.05, 4.69) is 5.32 Å². The molecular formula is C22H21N5O3. The predicted octanol–water partition coefficient (Wildman–Crippen LogP) is 2.45. The average Bonchev–Trinajstić information content (AvgIpc) is 3.30. The van der Waals surface area contributed by atoms with Crippen molar-refractivity contribution in [3.8, 4) is 5.75 Å². The molecule has 3 aliphatic rings. The zero-order chi connectivity index (χ0) is 20.8. The van der Waals surface area contributed by atoms with E-state index in [1.165, 1.54) is 4.90 Å². The van der Waals surface area contributed by atoms with Crippen LogP contribution in [0, 0.1) is 0 Å². The molecule has 8 heteroatoms. The molecule has 2 atom stereocenters. The van der Waals surface area contributed by atoms with Crippen molar-refractivity contribution in [3.05, 3.63) is 66.4 Å². The molecule has 2 aromatic rings. The summed E-state index contributed by atoms with van der Waals surface area (Å²) in [6.07, 6.45) is 1.36. The number of aliphatic imine (C=N–C) groups is 1. The number of imide groups is 1. The molecule has 0 aliphatic carbocycles. The maximum absolute atomic E-state index is 12.6. The minimum atomic E-state index is -0.603. The van der Waals surface area contributed by atoms with Crippen LogP contribution in [0.15, 0.2) is 65.8 Å². The van der Waals surface area contributed by atoms with Crippen LogP contribution in [0.5, 0.6) is 5.75 Å². The lowest BCUT2D eigenvalue weighted by molar-refractivity contribution is -0.126. The molecule has 152 valence electrons. The largest absolute Gasteiger partial charge is 0.494 e. The molecule has 30 heavy (non-hydrogen) atoms. The number of anilines is 1. The average molecular weight is 403 g/mol. The molecule has 1 saturated heterocycles. The van der Waals surface area contributed by atoms with Crippen LogP contribution < -0.4 is 15.0 Å². The van der Waals surface area contributed by atoms with E-state index in [9.17, 15) is 9.59 Å². The lowest BCUT2D eigenvalue weighted by Gasteiger charge is -2.34. The van der Waals surface area contributed by atoms with Crippen molar-refractivity contribution in [3.63, 3.8) is 0 Å². The first-order valence-corrected chi connectivity index (χ1v) is 9.82. The number of rotatable bonds is 4. The van der Waals surface area contributed by atoms with Gasteiger partial charge in [-0.15, -0.1) is 0 Å². The van der Waals surface area contributed by atoms with Crippen molar-refractivity contribution < 1.29 is 14.3 Å². The molecule has 0 saturated carbocycles. The summed E-state index contributed by atoms with van der Waals surface area (Å²) in [5.41, 5.74) is 2.80. The predicted molar refractivity (Wildman–Crippen MR) is 113 cm³/mol. The number of guanidine groups is 1. The first-order chi connectivity index (χ1) is 14.6. The second-order valence-electron chi connectivity index (χ2n) is 7.24. The van der Waals surface area contributed by atoms with E-state index >= 15 is 0 Å². The van der Waals surface area contributed by atoms with Gasteiger partial charge in [-0.1, -0.05) is 30.3 Å². The summed E-state index contributed by atoms with van der Waals surface area (Å²) in [7, 11) is 1.65. The fraction of sp³-hybridized carbons (Fsp3) is 0.227. The number of hydrogen-bond donors (Lipinski definition) is 1. The van der Waals surface area contributed by atoms with Crippen LogP contribution >= 0.6 is 0 Å². The van der Waals surface area contributed by atoms with Gasteiger partial charge in [0, 0.05) is 24.5 Å². The smallest absolute Gasteiger partial charge is 0.325 e. The molecule has 8 nitrogen and oxygen atoms in total. The van der Waals surface area contributed by atoms with E-state index in [-0.39, 0.29) is 5.91 Å². The number of urea groups is 1. The van der Waals surface area contributed by atoms with Gasteiger partial charge in [0.05, 0.1) is 12.3 Å². The van der Waals surface area contributed by atoms with Crippen LogP contribution in [0.25, 0.3) is 5.70 Å². The Morgan fingerprint density at radius 2 is 1.80 bits per heavy atom. The number of nitrogens with one attached hydrogen (secondary N) is 1. The Morgan fingerprint density at radius 3 is 2.50 bits per heavy atom. The highest BCUT2D eigenvalue weighted by Gasteiger charge is 2.52. The van der Waals surface area contributed by atoms with Gasteiger partial charge in [0.1, 0.15) is 5.75 Å². The topological polar surface area (TPSA) is 77.5 Å². The minimum Gasteiger partial charge on any atom is -0.494 e. The summed E-state index contributed by atoms with van der Waals surface area (Å²) >= 11 is 0. The number of nitrogens with zero attached hydrogens (tertiary/aromatic N) is 4. The highest BCUT2D eigenvalue weighted by molar-refractivity contribution is 6.16. The summed E-state index contributed by atoms with van der Waals surface area (Å²) in [6, 6.07) is 16.7. The normalized spacial score (nSPS) is 22.4. The molecule has 3 amide bonds. The lowest BCUT2D eigenvalue weighted by atomic mass is 10.1. The molecule has 2 unspecified atom stereocenters. The molecule has 5 rings (SSSR count). The summed E-state index contributed by atoms with van der Waals surface area (Å²) < 4.78 is 5.57. The molecule has 1 N–H and O–H groups in total. The Kier molecular flexibility index (Phi) is 4.20. The first kappa shape index (κ1) is 18.2. The third kappa shape index (κ3) is 2.72. The zero-order valence-electron chi connectivity index (χ0n) is 16.6. The van der Waals surface area contributed by atoms with Gasteiger partial charge in [-0.2, -0.15) is 0 Å². The van der Waals surface area contributed by atoms with Gasteiger partial charge in [0.25, 0.3) is 5.91 Å². The number of carbonyl (C=O) groups excluding carboxylic acids is 2. The number of hydrogen-bond acceptors (Lipinski definition) is 6. The van der Waals surface area contributed by atoms with Gasteiger partial charge in [-0.3, -0.25) is 19.9 Å². The van der Waals surface area contributed by atoms with E-state index in [1.807, 2.05) is 77.5 Å². The summed E-state index contributed by atoms with van der Waals surface area (Å²) in [6.45, 7) is 2.54. The van der Waals surface area contributed by atoms with Crippen LogP contribution in [-0.2, 0) is 4.79 Å². The number of ether oxygens (including phenoxy) is 1. The Bertz CT molecular complexity index is 1060. The highest BCUT2D eigenvalue weighted by Crippen LogP contribution is 2.39. The Morgan fingerprint density at radius 1 is 1.07 bits per heavy atom. The Hall–Kier alpha value is -3.81. The van der Waals surface area contributed by atoms with E-state index in [0.29, 0.717) is 12.6 Å². The van der Waals surface area contributed by atoms with Gasteiger partial charge in [0.15, 0.2) is 12.2 Å². The number of carbonyl (C=O) groups is 2. The van der Waals surface area contributed by atoms with E-state index in [1.54, 1.807) is 7.05 Å². The third-order valence-corrected chi connectivity index (χ3v) is 5.45. The molecule has 2 aromatic carbocycles. The Balaban J connectivity index is 1.60. The number of fused-ring (bicyclic) bond motifs is 3. The van der Waals surface area contributed by atoms with Gasteiger partial charge in [0.2, 0.25) is 5.96 Å². The quantitative estimate of drug-likeness (QED) is 0.849. The summed E-state index contributed by atoms with van der Waals surface area (Å²) in [5, 5.41) is 2.41. The SMILES string of the molecule is CCOc1ccc(N2C(c3ccccc3)=CN3C2=NC2C3C(=O)NC(=O)N2C)cc1. The molecular weight excluding hydrogens is 382 g/mol. The minimum absolute atomic E-state index is 0.348. The second kappa shape index (κ2) is 6.91. The van der Waals surface area contributed by atoms with Crippen molar-refractivity contribution >= 4 is 29.3 Å². The third-order valence-electron chi connectivity index (χ3n) is 5.45. The summed E-state index contributed by atoms with van der Waals surface area (Å²) in [4.78, 5) is 34.8. The van der Waals surface area contributed by atoms with Crippen molar-refractivity contribution in [2.75, 3.05) is 18.6 Å². The summed E-state index contributed by atoms with van der Waals surface area (Å²) in [5.74, 6) is 1.05. The van der Waals surface area contributed by atoms with Crippen LogP contribution in [0.3, 0.4) is 0 Å². The van der Waals surface area contributed by atoms with Crippen LogP contribution in [-0.4, -0.2) is 53.6 Å². The van der Waals surface area contributed by atoms with Gasteiger partial charge in [-0.05, 0) is 31.2 Å². The van der Waals surface area contributed by atoms with Gasteiger partial charge >= 0.3 is 6.03 Å². The van der Waals surface area contributed by atoms with Gasteiger partial charge in [-0.25, -0.2) is 9.79 Å². The number of benzene rings is 2. The fourth-order valence-corrected chi connectivity index (χ4v) is 4.01. The molecule has 0 spiro atoms. The van der Waals surface area contributed by atoms with Crippen LogP contribution in [0.4, 0.5) is 10.5 Å². The monoisotopic (exact) mass is 403 g/mol. The van der Waals surface area contributed by atoms with Crippen molar-refractivity contribution in [1.29, 1.82) is 0 Å². The molecule has 0 aromatic heterocycles. The Labute approximate surface area is 174 Å². The number of likely N-dealkylation sites (N-methyl/N-ethyl adjacent to an activating group) is 1. The zero-order valence-corrected chi connectivity index (χ0v) is 16.6. The van der Waals surface area contributed by atoms with Crippen molar-refractivity contribution in [1.82, 2.24) is 15.1 Å². The van der Waals surface area contributed by atoms with Crippen LogP contribution in [0.1, 0.15) is 12.5 Å². The lowest BCUT2D eigenvalue weighted by Crippen LogP contribution is -2.62. The van der Waals surface area contributed by atoms with E-state index in [4.69, 9.17) is 9.73 Å². The van der Waals surface area contributed by atoms with Crippen molar-refractivity contribution in [2.24, 2.45) is 4.99 Å². The van der Waals surface area contributed by atoms with Crippen LogP contribution in [0.2, 0.25) is 0 Å². The van der Waals surface area contributed by atoms with Crippen molar-refractivity contribution in [2.45, 2.75) is 19.1 Å². The van der Waals surface area contributed by atoms with Gasteiger partial charge < -0.3 is 9.64 Å². The number of amides is 3. The molecule has 1 fully saturated rings. The molecule has 0 bridgehead atoms.